The van der Waals surface area contributed by atoms with Crippen LogP contribution in [0.25, 0.3) is 0 Å². The smallest absolute Gasteiger partial charge is 0.263 e. The lowest BCUT2D eigenvalue weighted by Crippen LogP contribution is -2.46. The molecule has 1 aliphatic heterocycles. The normalized spacial score (nSPS) is 13.5. The van der Waals surface area contributed by atoms with E-state index in [1.807, 2.05) is 0 Å². The molecule has 6 nitrogen and oxygen atoms in total. The van der Waals surface area contributed by atoms with E-state index in [1.54, 1.807) is 41.8 Å². The van der Waals surface area contributed by atoms with Crippen LogP contribution in [0.3, 0.4) is 0 Å². The molecule has 0 atom stereocenters. The van der Waals surface area contributed by atoms with E-state index >= 15 is 0 Å². The van der Waals surface area contributed by atoms with Crippen LogP contribution >= 0.6 is 23.2 Å². The molecule has 0 saturated carbocycles. The van der Waals surface area contributed by atoms with E-state index in [2.05, 4.69) is 9.97 Å². The van der Waals surface area contributed by atoms with E-state index < -0.39 is 0 Å². The van der Waals surface area contributed by atoms with Crippen LogP contribution in [-0.4, -0.2) is 29.7 Å². The zero-order valence-corrected chi connectivity index (χ0v) is 17.9. The van der Waals surface area contributed by atoms with Gasteiger partial charge in [-0.25, -0.2) is 14.4 Å². The maximum Gasteiger partial charge on any atom is 0.263 e. The molecule has 154 valence electrons. The van der Waals surface area contributed by atoms with E-state index in [0.29, 0.717) is 34.3 Å². The second-order valence-electron chi connectivity index (χ2n) is 6.82. The molecule has 0 fully saturated rings. The van der Waals surface area contributed by atoms with Crippen molar-refractivity contribution >= 4 is 46.3 Å². The molecule has 9 heteroatoms. The highest BCUT2D eigenvalue weighted by atomic mass is 35.5. The van der Waals surface area contributed by atoms with Crippen molar-refractivity contribution in [1.29, 1.82) is 0 Å². The number of anilines is 3. The topological polar surface area (TPSA) is 58.6 Å². The molecule has 0 bridgehead atoms. The summed E-state index contributed by atoms with van der Waals surface area (Å²) in [7, 11) is 1.53. The van der Waals surface area contributed by atoms with Crippen LogP contribution < -0.4 is 14.5 Å². The number of nitrogens with zero attached hydrogens (tertiary/aromatic N) is 4. The number of hydrogen-bond donors (Lipinski definition) is 0. The maximum absolute atomic E-state index is 13.7. The van der Waals surface area contributed by atoms with Crippen LogP contribution in [0.2, 0.25) is 10.2 Å². The summed E-state index contributed by atoms with van der Waals surface area (Å²) in [5.74, 6) is 0.171. The van der Waals surface area contributed by atoms with Gasteiger partial charge in [0.05, 0.1) is 29.1 Å². The van der Waals surface area contributed by atoms with Crippen LogP contribution in [-0.2, 0) is 0 Å². The third-order valence-electron chi connectivity index (χ3n) is 4.91. The second-order valence-corrected chi connectivity index (χ2v) is 7.59. The lowest BCUT2D eigenvalue weighted by molar-refractivity contribution is 0.0982. The quantitative estimate of drug-likeness (QED) is 0.510. The highest BCUT2D eigenvalue weighted by Crippen LogP contribution is 2.39. The third kappa shape index (κ3) is 3.44. The van der Waals surface area contributed by atoms with Gasteiger partial charge in [0, 0.05) is 11.8 Å². The minimum Gasteiger partial charge on any atom is -0.481 e. The number of ether oxygens (including phenoxy) is 1. The van der Waals surface area contributed by atoms with Gasteiger partial charge in [-0.05, 0) is 49.7 Å². The lowest BCUT2D eigenvalue weighted by Gasteiger charge is -2.38. The molecular formula is C21H17Cl2FN4O2. The number of carbonyl (C=O) groups is 1. The van der Waals surface area contributed by atoms with Gasteiger partial charge in [-0.1, -0.05) is 23.2 Å². The van der Waals surface area contributed by atoms with E-state index in [1.165, 1.54) is 25.3 Å². The Morgan fingerprint density at radius 3 is 2.43 bits per heavy atom. The highest BCUT2D eigenvalue weighted by molar-refractivity contribution is 6.41. The zero-order valence-electron chi connectivity index (χ0n) is 16.4. The summed E-state index contributed by atoms with van der Waals surface area (Å²) in [6.07, 6.45) is 0. The predicted octanol–water partition coefficient (Wildman–Crippen LogP) is 5.30. The molecule has 1 amide bonds. The largest absolute Gasteiger partial charge is 0.481 e. The number of benzene rings is 1. The van der Waals surface area contributed by atoms with Crippen molar-refractivity contribution in [2.24, 2.45) is 0 Å². The van der Waals surface area contributed by atoms with Crippen molar-refractivity contribution < 1.29 is 13.9 Å². The number of aromatic nitrogens is 2. The van der Waals surface area contributed by atoms with Crippen LogP contribution in [0, 0.1) is 19.7 Å². The Balaban J connectivity index is 1.90. The molecule has 0 unspecified atom stereocenters. The van der Waals surface area contributed by atoms with E-state index in [9.17, 15) is 9.18 Å². The van der Waals surface area contributed by atoms with Gasteiger partial charge in [0.2, 0.25) is 5.88 Å². The molecule has 3 aromatic rings. The predicted molar refractivity (Wildman–Crippen MR) is 115 cm³/mol. The molecule has 0 saturated heterocycles. The van der Waals surface area contributed by atoms with Gasteiger partial charge in [-0.2, -0.15) is 0 Å². The number of fused-ring (bicyclic) bond motifs is 1. The minimum atomic E-state index is -0.348. The third-order valence-corrected chi connectivity index (χ3v) is 5.58. The summed E-state index contributed by atoms with van der Waals surface area (Å²) in [6, 6.07) is 9.38. The van der Waals surface area contributed by atoms with E-state index in [0.717, 1.165) is 0 Å². The van der Waals surface area contributed by atoms with Crippen molar-refractivity contribution in [2.75, 3.05) is 23.6 Å². The Bertz CT molecular complexity index is 1170. The molecule has 2 aromatic heterocycles. The average Bonchev–Trinajstić information content (AvgIpc) is 2.71. The van der Waals surface area contributed by atoms with Crippen molar-refractivity contribution in [3.8, 4) is 5.88 Å². The molecule has 3 heterocycles. The van der Waals surface area contributed by atoms with Gasteiger partial charge < -0.3 is 9.64 Å². The standard InChI is InChI=1S/C21H17Cl2FN4O2/c1-11-8-13(24)4-5-16(11)27-10-28(17-6-7-18(30-3)25-12(17)2)21(29)14-9-15(22)19(23)26-20(14)27/h4-9H,10H2,1-3H3. The molecule has 1 aromatic carbocycles. The molecule has 30 heavy (non-hydrogen) atoms. The lowest BCUT2D eigenvalue weighted by atomic mass is 10.1. The molecule has 0 aliphatic carbocycles. The second kappa shape index (κ2) is 7.74. The van der Waals surface area contributed by atoms with Crippen LogP contribution in [0.15, 0.2) is 36.4 Å². The Morgan fingerprint density at radius 1 is 1.03 bits per heavy atom. The monoisotopic (exact) mass is 446 g/mol. The fourth-order valence-corrected chi connectivity index (χ4v) is 3.75. The number of rotatable bonds is 3. The number of carbonyl (C=O) groups excluding carboxylic acids is 1. The number of hydrogen-bond acceptors (Lipinski definition) is 5. The summed E-state index contributed by atoms with van der Waals surface area (Å²) >= 11 is 12.3. The van der Waals surface area contributed by atoms with Crippen molar-refractivity contribution in [3.05, 3.63) is 69.2 Å². The van der Waals surface area contributed by atoms with E-state index in [-0.39, 0.29) is 34.1 Å². The van der Waals surface area contributed by atoms with E-state index in [4.69, 9.17) is 27.9 Å². The Hall–Kier alpha value is -2.90. The average molecular weight is 447 g/mol. The van der Waals surface area contributed by atoms with Gasteiger partial charge in [-0.15, -0.1) is 0 Å². The van der Waals surface area contributed by atoms with Crippen LogP contribution in [0.4, 0.5) is 21.6 Å². The molecule has 1 aliphatic rings. The first-order chi connectivity index (χ1) is 14.3. The first kappa shape index (κ1) is 20.4. The molecule has 0 N–H and O–H groups in total. The highest BCUT2D eigenvalue weighted by Gasteiger charge is 2.34. The number of halogens is 3. The first-order valence-electron chi connectivity index (χ1n) is 9.03. The van der Waals surface area contributed by atoms with Crippen molar-refractivity contribution in [1.82, 2.24) is 9.97 Å². The summed E-state index contributed by atoms with van der Waals surface area (Å²) in [6.45, 7) is 3.72. The first-order valence-corrected chi connectivity index (χ1v) is 9.79. The number of amides is 1. The SMILES string of the molecule is COc1ccc(N2CN(c3ccc(F)cc3C)c3nc(Cl)c(Cl)cc3C2=O)c(C)n1. The minimum absolute atomic E-state index is 0.0868. The van der Waals surface area contributed by atoms with Crippen molar-refractivity contribution in [2.45, 2.75) is 13.8 Å². The number of methoxy groups -OCH3 is 1. The number of aryl methyl sites for hydroxylation is 2. The van der Waals surface area contributed by atoms with Gasteiger partial charge in [-0.3, -0.25) is 9.69 Å². The summed E-state index contributed by atoms with van der Waals surface area (Å²) in [5, 5.41) is 0.259. The molecule has 0 radical (unpaired) electrons. The summed E-state index contributed by atoms with van der Waals surface area (Å²) in [5.41, 5.74) is 2.90. The summed E-state index contributed by atoms with van der Waals surface area (Å²) in [4.78, 5) is 25.4. The van der Waals surface area contributed by atoms with Crippen molar-refractivity contribution in [3.63, 3.8) is 0 Å². The molecular weight excluding hydrogens is 430 g/mol. The fraction of sp³-hybridized carbons (Fsp3) is 0.190. The van der Waals surface area contributed by atoms with Gasteiger partial charge >= 0.3 is 0 Å². The summed E-state index contributed by atoms with van der Waals surface area (Å²) < 4.78 is 18.9. The Morgan fingerprint density at radius 2 is 1.77 bits per heavy atom. The van der Waals surface area contributed by atoms with Gasteiger partial charge in [0.25, 0.3) is 5.91 Å². The molecule has 4 rings (SSSR count). The Kier molecular flexibility index (Phi) is 5.26. The van der Waals surface area contributed by atoms with Gasteiger partial charge in [0.15, 0.2) is 0 Å². The fourth-order valence-electron chi connectivity index (χ4n) is 3.47. The molecule has 0 spiro atoms. The maximum atomic E-state index is 13.7. The van der Waals surface area contributed by atoms with Crippen LogP contribution in [0.1, 0.15) is 21.6 Å². The van der Waals surface area contributed by atoms with Gasteiger partial charge in [0.1, 0.15) is 23.5 Å². The number of pyridine rings is 2. The Labute approximate surface area is 182 Å². The zero-order chi connectivity index (χ0) is 21.6. The van der Waals surface area contributed by atoms with Crippen LogP contribution in [0.5, 0.6) is 5.88 Å².